The Morgan fingerprint density at radius 2 is 2.14 bits per heavy atom. The molecular formula is C18H21N7O3S. The number of hydrogen-bond donors (Lipinski definition) is 1. The number of hydrogen-bond acceptors (Lipinski definition) is 9. The summed E-state index contributed by atoms with van der Waals surface area (Å²) in [5, 5.41) is 20.6. The van der Waals surface area contributed by atoms with Gasteiger partial charge in [-0.2, -0.15) is 0 Å². The molecule has 0 aliphatic carbocycles. The molecule has 152 valence electrons. The van der Waals surface area contributed by atoms with Gasteiger partial charge in [0.2, 0.25) is 5.91 Å². The van der Waals surface area contributed by atoms with Crippen molar-refractivity contribution >= 4 is 34.7 Å². The molecule has 0 radical (unpaired) electrons. The zero-order valence-electron chi connectivity index (χ0n) is 15.9. The number of nitrogens with zero attached hydrogens (tertiary/aromatic N) is 6. The number of esters is 1. The minimum absolute atomic E-state index is 0.0316. The molecule has 4 heterocycles. The van der Waals surface area contributed by atoms with Gasteiger partial charge in [-0.15, -0.1) is 26.2 Å². The first kappa shape index (κ1) is 19.2. The molecule has 1 fully saturated rings. The molecule has 0 aromatic carbocycles. The normalized spacial score (nSPS) is 16.0. The van der Waals surface area contributed by atoms with Crippen LogP contribution in [-0.2, 0) is 14.3 Å². The lowest BCUT2D eigenvalue weighted by Crippen LogP contribution is -2.42. The van der Waals surface area contributed by atoms with Crippen LogP contribution >= 0.6 is 11.3 Å². The molecule has 11 heteroatoms. The van der Waals surface area contributed by atoms with Gasteiger partial charge in [0.25, 0.3) is 0 Å². The summed E-state index contributed by atoms with van der Waals surface area (Å²) in [4.78, 5) is 27.6. The Balaban J connectivity index is 1.36. The van der Waals surface area contributed by atoms with Gasteiger partial charge in [-0.1, -0.05) is 6.07 Å². The fourth-order valence-electron chi connectivity index (χ4n) is 3.43. The lowest BCUT2D eigenvalue weighted by Gasteiger charge is -2.32. The monoisotopic (exact) mass is 415 g/mol. The van der Waals surface area contributed by atoms with Gasteiger partial charge in [-0.3, -0.25) is 9.59 Å². The Morgan fingerprint density at radius 1 is 1.31 bits per heavy atom. The number of carbonyl (C=O) groups excluding carboxylic acids is 2. The smallest absolute Gasteiger partial charge is 0.307 e. The van der Waals surface area contributed by atoms with Crippen LogP contribution in [0, 0.1) is 5.92 Å². The highest BCUT2D eigenvalue weighted by atomic mass is 32.1. The van der Waals surface area contributed by atoms with Gasteiger partial charge in [0.1, 0.15) is 0 Å². The lowest BCUT2D eigenvalue weighted by atomic mass is 9.95. The zero-order valence-corrected chi connectivity index (χ0v) is 16.7. The van der Waals surface area contributed by atoms with Gasteiger partial charge < -0.3 is 15.0 Å². The van der Waals surface area contributed by atoms with Crippen LogP contribution in [0.5, 0.6) is 0 Å². The molecular weight excluding hydrogens is 394 g/mol. The first-order valence-corrected chi connectivity index (χ1v) is 10.2. The lowest BCUT2D eigenvalue weighted by molar-refractivity contribution is -0.141. The number of thiophene rings is 1. The predicted octanol–water partition coefficient (Wildman–Crippen LogP) is 1.22. The SMILES string of the molecule is COC(=O)C[C@@H](NC(=O)C1CCN(c2ccc3nnnn3n2)CC1)c1cccs1. The largest absolute Gasteiger partial charge is 0.469 e. The minimum atomic E-state index is -0.364. The van der Waals surface area contributed by atoms with Crippen molar-refractivity contribution in [2.45, 2.75) is 25.3 Å². The molecule has 1 N–H and O–H groups in total. The van der Waals surface area contributed by atoms with Crippen molar-refractivity contribution in [2.75, 3.05) is 25.1 Å². The summed E-state index contributed by atoms with van der Waals surface area (Å²) in [7, 11) is 1.35. The van der Waals surface area contributed by atoms with Crippen molar-refractivity contribution in [3.63, 3.8) is 0 Å². The van der Waals surface area contributed by atoms with Crippen LogP contribution in [0.25, 0.3) is 5.65 Å². The van der Waals surface area contributed by atoms with E-state index in [4.69, 9.17) is 4.74 Å². The number of aromatic nitrogens is 5. The van der Waals surface area contributed by atoms with E-state index >= 15 is 0 Å². The number of anilines is 1. The van der Waals surface area contributed by atoms with Crippen LogP contribution in [0.3, 0.4) is 0 Å². The summed E-state index contributed by atoms with van der Waals surface area (Å²) in [6.45, 7) is 1.42. The van der Waals surface area contributed by atoms with Gasteiger partial charge in [-0.05, 0) is 46.8 Å². The number of carbonyl (C=O) groups is 2. The Bertz CT molecular complexity index is 982. The number of tetrazole rings is 1. The average Bonchev–Trinajstić information content (AvgIpc) is 3.44. The number of ether oxygens (including phenoxy) is 1. The van der Waals surface area contributed by atoms with E-state index < -0.39 is 0 Å². The van der Waals surface area contributed by atoms with E-state index in [1.807, 2.05) is 29.6 Å². The van der Waals surface area contributed by atoms with Crippen molar-refractivity contribution in [3.8, 4) is 0 Å². The van der Waals surface area contributed by atoms with Crippen LogP contribution in [0.1, 0.15) is 30.2 Å². The fourth-order valence-corrected chi connectivity index (χ4v) is 4.21. The summed E-state index contributed by atoms with van der Waals surface area (Å²) >= 11 is 1.51. The molecule has 10 nitrogen and oxygen atoms in total. The van der Waals surface area contributed by atoms with E-state index in [0.717, 1.165) is 10.7 Å². The summed E-state index contributed by atoms with van der Waals surface area (Å²) in [6, 6.07) is 7.16. The highest BCUT2D eigenvalue weighted by Gasteiger charge is 2.29. The first-order chi connectivity index (χ1) is 14.1. The van der Waals surface area contributed by atoms with E-state index in [-0.39, 0.29) is 30.3 Å². The topological polar surface area (TPSA) is 115 Å². The Hall–Kier alpha value is -3.08. The van der Waals surface area contributed by atoms with E-state index in [9.17, 15) is 9.59 Å². The average molecular weight is 415 g/mol. The van der Waals surface area contributed by atoms with E-state index in [0.29, 0.717) is 31.6 Å². The summed E-state index contributed by atoms with van der Waals surface area (Å²) in [6.07, 6.45) is 1.53. The Morgan fingerprint density at radius 3 is 2.86 bits per heavy atom. The molecule has 1 atom stereocenters. The molecule has 3 aromatic rings. The van der Waals surface area contributed by atoms with Gasteiger partial charge in [0.15, 0.2) is 11.5 Å². The summed E-state index contributed by atoms with van der Waals surface area (Å²) < 4.78 is 6.17. The maximum Gasteiger partial charge on any atom is 0.307 e. The molecule has 29 heavy (non-hydrogen) atoms. The van der Waals surface area contributed by atoms with E-state index in [1.54, 1.807) is 0 Å². The van der Waals surface area contributed by atoms with Crippen LogP contribution in [-0.4, -0.2) is 57.3 Å². The molecule has 3 aromatic heterocycles. The zero-order chi connectivity index (χ0) is 20.2. The molecule has 4 rings (SSSR count). The minimum Gasteiger partial charge on any atom is -0.469 e. The van der Waals surface area contributed by atoms with Crippen molar-refractivity contribution in [3.05, 3.63) is 34.5 Å². The molecule has 1 amide bonds. The van der Waals surface area contributed by atoms with Gasteiger partial charge >= 0.3 is 5.97 Å². The quantitative estimate of drug-likeness (QED) is 0.598. The summed E-state index contributed by atoms with van der Waals surface area (Å²) in [5.41, 5.74) is 0.591. The second kappa shape index (κ2) is 8.52. The fraction of sp³-hybridized carbons (Fsp3) is 0.444. The number of methoxy groups -OCH3 is 1. The molecule has 0 spiro atoms. The molecule has 1 aliphatic rings. The van der Waals surface area contributed by atoms with Gasteiger partial charge in [0.05, 0.1) is 19.6 Å². The molecule has 0 bridgehead atoms. The number of piperidine rings is 1. The third-order valence-corrected chi connectivity index (χ3v) is 6.03. The molecule has 1 aliphatic heterocycles. The second-order valence-electron chi connectivity index (χ2n) is 6.84. The number of fused-ring (bicyclic) bond motifs is 1. The molecule has 1 saturated heterocycles. The maximum absolute atomic E-state index is 12.8. The second-order valence-corrected chi connectivity index (χ2v) is 7.82. The van der Waals surface area contributed by atoms with Crippen LogP contribution in [0.4, 0.5) is 5.82 Å². The van der Waals surface area contributed by atoms with Crippen molar-refractivity contribution < 1.29 is 14.3 Å². The highest BCUT2D eigenvalue weighted by Crippen LogP contribution is 2.26. The first-order valence-electron chi connectivity index (χ1n) is 9.35. The predicted molar refractivity (Wildman–Crippen MR) is 105 cm³/mol. The molecule has 0 unspecified atom stereocenters. The van der Waals surface area contributed by atoms with Crippen LogP contribution < -0.4 is 10.2 Å². The van der Waals surface area contributed by atoms with Crippen LogP contribution in [0.15, 0.2) is 29.6 Å². The Kier molecular flexibility index (Phi) is 5.65. The van der Waals surface area contributed by atoms with E-state index in [2.05, 4.69) is 30.8 Å². The van der Waals surface area contributed by atoms with Crippen molar-refractivity contribution in [1.82, 2.24) is 30.6 Å². The summed E-state index contributed by atoms with van der Waals surface area (Å²) in [5.74, 6) is 0.298. The maximum atomic E-state index is 12.8. The standard InChI is InChI=1S/C18H21N7O3S/c1-28-17(26)11-13(14-3-2-10-29-14)19-18(27)12-6-8-24(9-7-12)16-5-4-15-20-22-23-25(15)21-16/h2-5,10,12-13H,6-9,11H2,1H3,(H,19,27)/t13-/m1/s1. The number of amides is 1. The number of nitrogens with one attached hydrogen (secondary N) is 1. The number of rotatable bonds is 6. The van der Waals surface area contributed by atoms with Crippen molar-refractivity contribution in [2.24, 2.45) is 5.92 Å². The molecule has 0 saturated carbocycles. The Labute approximate surface area is 170 Å². The van der Waals surface area contributed by atoms with E-state index in [1.165, 1.54) is 23.1 Å². The third-order valence-electron chi connectivity index (χ3n) is 5.05. The van der Waals surface area contributed by atoms with Gasteiger partial charge in [0, 0.05) is 23.9 Å². The third kappa shape index (κ3) is 4.34. The van der Waals surface area contributed by atoms with Crippen LogP contribution in [0.2, 0.25) is 0 Å². The van der Waals surface area contributed by atoms with Gasteiger partial charge in [-0.25, -0.2) is 0 Å². The van der Waals surface area contributed by atoms with Crippen molar-refractivity contribution in [1.29, 1.82) is 0 Å². The highest BCUT2D eigenvalue weighted by molar-refractivity contribution is 7.10.